The van der Waals surface area contributed by atoms with Crippen LogP contribution in [-0.4, -0.2) is 15.0 Å². The van der Waals surface area contributed by atoms with E-state index < -0.39 is 0 Å². The van der Waals surface area contributed by atoms with Crippen LogP contribution in [0.5, 0.6) is 0 Å². The van der Waals surface area contributed by atoms with Gasteiger partial charge in [-0.25, -0.2) is 4.98 Å². The van der Waals surface area contributed by atoms with Gasteiger partial charge in [0.25, 0.3) is 0 Å². The molecule has 0 aromatic carbocycles. The third kappa shape index (κ3) is 1.29. The molecule has 3 nitrogen and oxygen atoms in total. The van der Waals surface area contributed by atoms with Crippen molar-refractivity contribution in [2.75, 3.05) is 0 Å². The van der Waals surface area contributed by atoms with Gasteiger partial charge in [-0.15, -0.1) is 0 Å². The first-order valence-electron chi connectivity index (χ1n) is 3.55. The molecule has 12 heavy (non-hydrogen) atoms. The van der Waals surface area contributed by atoms with E-state index in [1.54, 1.807) is 6.20 Å². The predicted molar refractivity (Wildman–Crippen MR) is 49.2 cm³/mol. The fraction of sp³-hybridized carbons (Fsp3) is 0. The molecular formula is C8H7N3S. The standard InChI is InChI=1S/C8H7N3S/c12-8-10-5-3-7(11-8)6-2-1-4-9-6/h1-5,9H,(H,10,11,12). The van der Waals surface area contributed by atoms with E-state index in [2.05, 4.69) is 15.0 Å². The van der Waals surface area contributed by atoms with Crippen molar-refractivity contribution >= 4 is 12.2 Å². The van der Waals surface area contributed by atoms with E-state index in [1.807, 2.05) is 24.4 Å². The molecule has 0 atom stereocenters. The summed E-state index contributed by atoms with van der Waals surface area (Å²) in [5.41, 5.74) is 1.98. The van der Waals surface area contributed by atoms with Crippen LogP contribution in [-0.2, 0) is 0 Å². The van der Waals surface area contributed by atoms with Crippen LogP contribution in [0.25, 0.3) is 11.4 Å². The third-order valence-corrected chi connectivity index (χ3v) is 1.77. The highest BCUT2D eigenvalue weighted by atomic mass is 32.1. The smallest absolute Gasteiger partial charge is 0.197 e. The molecule has 0 radical (unpaired) electrons. The highest BCUT2D eigenvalue weighted by molar-refractivity contribution is 7.71. The van der Waals surface area contributed by atoms with E-state index >= 15 is 0 Å². The molecular weight excluding hydrogens is 170 g/mol. The first-order valence-corrected chi connectivity index (χ1v) is 3.96. The van der Waals surface area contributed by atoms with Gasteiger partial charge in [-0.2, -0.15) is 0 Å². The second kappa shape index (κ2) is 2.91. The zero-order chi connectivity index (χ0) is 8.39. The Kier molecular flexibility index (Phi) is 1.75. The number of hydrogen-bond acceptors (Lipinski definition) is 2. The van der Waals surface area contributed by atoms with Crippen LogP contribution < -0.4 is 0 Å². The van der Waals surface area contributed by atoms with Crippen molar-refractivity contribution in [3.63, 3.8) is 0 Å². The fourth-order valence-electron chi connectivity index (χ4n) is 1.02. The van der Waals surface area contributed by atoms with Crippen LogP contribution in [0.2, 0.25) is 0 Å². The second-order valence-electron chi connectivity index (χ2n) is 2.37. The predicted octanol–water partition coefficient (Wildman–Crippen LogP) is 2.13. The Hall–Kier alpha value is -1.42. The largest absolute Gasteiger partial charge is 0.360 e. The molecule has 0 aliphatic rings. The molecule has 0 fully saturated rings. The minimum absolute atomic E-state index is 0.502. The first kappa shape index (κ1) is 7.24. The number of nitrogens with zero attached hydrogens (tertiary/aromatic N) is 1. The summed E-state index contributed by atoms with van der Waals surface area (Å²) < 4.78 is 0.502. The molecule has 0 saturated heterocycles. The molecule has 2 aromatic rings. The quantitative estimate of drug-likeness (QED) is 0.655. The van der Waals surface area contributed by atoms with Gasteiger partial charge in [-0.1, -0.05) is 0 Å². The van der Waals surface area contributed by atoms with Crippen LogP contribution in [0, 0.1) is 4.77 Å². The van der Waals surface area contributed by atoms with Crippen molar-refractivity contribution in [1.29, 1.82) is 0 Å². The van der Waals surface area contributed by atoms with Crippen molar-refractivity contribution in [2.24, 2.45) is 0 Å². The zero-order valence-electron chi connectivity index (χ0n) is 6.24. The Morgan fingerprint density at radius 3 is 2.83 bits per heavy atom. The summed E-state index contributed by atoms with van der Waals surface area (Å²) in [6, 6.07) is 5.79. The van der Waals surface area contributed by atoms with Crippen molar-refractivity contribution in [3.8, 4) is 11.4 Å². The van der Waals surface area contributed by atoms with Gasteiger partial charge in [0.15, 0.2) is 4.77 Å². The number of H-pyrrole nitrogens is 2. The molecule has 0 amide bonds. The van der Waals surface area contributed by atoms with Crippen molar-refractivity contribution < 1.29 is 0 Å². The van der Waals surface area contributed by atoms with E-state index in [-0.39, 0.29) is 0 Å². The number of nitrogens with one attached hydrogen (secondary N) is 2. The zero-order valence-corrected chi connectivity index (χ0v) is 7.06. The second-order valence-corrected chi connectivity index (χ2v) is 2.76. The van der Waals surface area contributed by atoms with Crippen molar-refractivity contribution in [2.45, 2.75) is 0 Å². The van der Waals surface area contributed by atoms with E-state index in [4.69, 9.17) is 12.2 Å². The highest BCUT2D eigenvalue weighted by Gasteiger charge is 1.95. The molecule has 0 saturated carbocycles. The van der Waals surface area contributed by atoms with Gasteiger partial charge in [0.1, 0.15) is 0 Å². The topological polar surface area (TPSA) is 44.5 Å². The summed E-state index contributed by atoms with van der Waals surface area (Å²) in [5, 5.41) is 0. The Balaban J connectivity index is 2.55. The maximum Gasteiger partial charge on any atom is 0.197 e. The summed E-state index contributed by atoms with van der Waals surface area (Å²) >= 11 is 4.89. The third-order valence-electron chi connectivity index (χ3n) is 1.56. The lowest BCUT2D eigenvalue weighted by Crippen LogP contribution is -1.85. The van der Waals surface area contributed by atoms with Gasteiger partial charge in [0.2, 0.25) is 0 Å². The molecule has 60 valence electrons. The maximum atomic E-state index is 4.89. The summed E-state index contributed by atoms with van der Waals surface area (Å²) in [5.74, 6) is 0. The van der Waals surface area contributed by atoms with Crippen molar-refractivity contribution in [1.82, 2.24) is 15.0 Å². The number of aromatic amines is 2. The Labute approximate surface area is 74.5 Å². The van der Waals surface area contributed by atoms with E-state index in [0.717, 1.165) is 11.4 Å². The highest BCUT2D eigenvalue weighted by Crippen LogP contribution is 2.11. The summed E-state index contributed by atoms with van der Waals surface area (Å²) in [6.45, 7) is 0. The Bertz CT molecular complexity index is 416. The minimum atomic E-state index is 0.502. The number of hydrogen-bond donors (Lipinski definition) is 2. The van der Waals surface area contributed by atoms with E-state index in [9.17, 15) is 0 Å². The minimum Gasteiger partial charge on any atom is -0.360 e. The van der Waals surface area contributed by atoms with Crippen LogP contribution in [0.1, 0.15) is 0 Å². The lowest BCUT2D eigenvalue weighted by molar-refractivity contribution is 1.13. The molecule has 0 aliphatic carbocycles. The maximum absolute atomic E-state index is 4.89. The Morgan fingerprint density at radius 1 is 1.25 bits per heavy atom. The van der Waals surface area contributed by atoms with Gasteiger partial charge in [0.05, 0.1) is 11.4 Å². The molecule has 4 heteroatoms. The molecule has 2 N–H and O–H groups in total. The lowest BCUT2D eigenvalue weighted by Gasteiger charge is -1.95. The lowest BCUT2D eigenvalue weighted by atomic mass is 10.3. The average molecular weight is 177 g/mol. The van der Waals surface area contributed by atoms with Gasteiger partial charge in [-0.3, -0.25) is 0 Å². The van der Waals surface area contributed by atoms with Gasteiger partial charge >= 0.3 is 0 Å². The molecule has 2 rings (SSSR count). The van der Waals surface area contributed by atoms with E-state index in [1.165, 1.54) is 0 Å². The van der Waals surface area contributed by atoms with Gasteiger partial charge < -0.3 is 9.97 Å². The van der Waals surface area contributed by atoms with Gasteiger partial charge in [-0.05, 0) is 30.4 Å². The average Bonchev–Trinajstić information content (AvgIpc) is 2.56. The van der Waals surface area contributed by atoms with Crippen LogP contribution >= 0.6 is 12.2 Å². The molecule has 2 aromatic heterocycles. The molecule has 0 unspecified atom stereocenters. The monoisotopic (exact) mass is 177 g/mol. The summed E-state index contributed by atoms with van der Waals surface area (Å²) in [4.78, 5) is 9.95. The summed E-state index contributed by atoms with van der Waals surface area (Å²) in [6.07, 6.45) is 3.56. The first-order chi connectivity index (χ1) is 5.86. The van der Waals surface area contributed by atoms with E-state index in [0.29, 0.717) is 4.77 Å². The summed E-state index contributed by atoms with van der Waals surface area (Å²) in [7, 11) is 0. The van der Waals surface area contributed by atoms with Crippen molar-refractivity contribution in [3.05, 3.63) is 35.4 Å². The van der Waals surface area contributed by atoms with Crippen LogP contribution in [0.3, 0.4) is 0 Å². The van der Waals surface area contributed by atoms with Crippen LogP contribution in [0.15, 0.2) is 30.6 Å². The Morgan fingerprint density at radius 2 is 2.17 bits per heavy atom. The molecule has 0 bridgehead atoms. The van der Waals surface area contributed by atoms with Crippen LogP contribution in [0.4, 0.5) is 0 Å². The molecule has 0 spiro atoms. The fourth-order valence-corrected chi connectivity index (χ4v) is 1.19. The SMILES string of the molecule is S=c1nccc(-c2ccc[nH]2)[nH]1. The molecule has 0 aliphatic heterocycles. The van der Waals surface area contributed by atoms with Gasteiger partial charge in [0, 0.05) is 12.4 Å². The number of aromatic nitrogens is 3. The molecule has 2 heterocycles. The number of rotatable bonds is 1. The normalized spacial score (nSPS) is 10.0.